The van der Waals surface area contributed by atoms with Gasteiger partial charge in [-0.05, 0) is 136 Å². The van der Waals surface area contributed by atoms with Gasteiger partial charge in [-0.15, -0.1) is 0 Å². The van der Waals surface area contributed by atoms with Crippen molar-refractivity contribution < 1.29 is 14.9 Å². The van der Waals surface area contributed by atoms with Crippen LogP contribution >= 0.6 is 0 Å². The minimum absolute atomic E-state index is 0.0570. The Bertz CT molecular complexity index is 1570. The number of rotatable bonds is 1. The number of hydrogen-bond donors (Lipinski definition) is 2. The normalized spacial score (nSPS) is 42.8. The second kappa shape index (κ2) is 7.79. The summed E-state index contributed by atoms with van der Waals surface area (Å²) >= 11 is 0. The van der Waals surface area contributed by atoms with Crippen molar-refractivity contribution in [2.24, 2.45) is 29.1 Å². The van der Waals surface area contributed by atoms with Crippen LogP contribution in [0.15, 0.2) is 24.3 Å². The zero-order valence-electron chi connectivity index (χ0n) is 26.4. The highest BCUT2D eigenvalue weighted by Crippen LogP contribution is 2.69. The molecular weight excluding hydrogens is 506 g/mol. The zero-order chi connectivity index (χ0) is 29.2. The molecule has 0 amide bonds. The van der Waals surface area contributed by atoms with E-state index in [1.807, 2.05) is 0 Å². The topological polar surface area (TPSA) is 54.6 Å². The third kappa shape index (κ3) is 2.98. The van der Waals surface area contributed by atoms with E-state index in [4.69, 9.17) is 4.74 Å². The number of nitrogens with zero attached hydrogens (tertiary/aromatic N) is 1. The molecule has 4 aliphatic carbocycles. The van der Waals surface area contributed by atoms with E-state index in [0.717, 1.165) is 31.2 Å². The van der Waals surface area contributed by atoms with Gasteiger partial charge >= 0.3 is 0 Å². The van der Waals surface area contributed by atoms with Crippen molar-refractivity contribution in [3.63, 3.8) is 0 Å². The minimum atomic E-state index is -0.565. The lowest BCUT2D eigenvalue weighted by Gasteiger charge is -2.61. The van der Waals surface area contributed by atoms with Crippen LogP contribution in [0.4, 0.5) is 0 Å². The lowest BCUT2D eigenvalue weighted by molar-refractivity contribution is -0.142. The highest BCUT2D eigenvalue weighted by molar-refractivity contribution is 5.97. The second-order valence-corrected chi connectivity index (χ2v) is 16.5. The number of aromatic nitrogens is 1. The molecule has 2 fully saturated rings. The second-order valence-electron chi connectivity index (χ2n) is 16.5. The number of ether oxygens (including phenoxy) is 1. The molecule has 6 aliphatic rings. The molecule has 6 unspecified atom stereocenters. The van der Waals surface area contributed by atoms with E-state index in [-0.39, 0.29) is 34.5 Å². The van der Waals surface area contributed by atoms with Gasteiger partial charge in [-0.3, -0.25) is 0 Å². The van der Waals surface area contributed by atoms with Crippen LogP contribution in [-0.2, 0) is 23.0 Å². The SMILES string of the molecule is C=C(C)C1Cc2c3c(cc4c5c(n1c24)[C@@]1(C)C(CCC2[C@@H](C)C(O)CC[C@@]21C)C5)C1=CC(C)(C)OC(C)(C)C1C3O. The van der Waals surface area contributed by atoms with Gasteiger partial charge in [0.2, 0.25) is 0 Å². The standard InChI is InChI=1S/C37H49NO3/c1-18(2)27-16-24-29-21(25-17-34(4,5)41-35(6,7)30(25)32(29)40)15-22-23-14-20-10-11-26-19(3)28(39)12-13-36(26,8)37(20,9)33(23)38(27)31(22)24/h15,17,19-20,26-28,30,32,39-40H,1,10-14,16H2,2-9H3/t19-,20?,26?,27?,28?,30?,32?,36+,37-/m1/s1. The van der Waals surface area contributed by atoms with Gasteiger partial charge in [-0.2, -0.15) is 0 Å². The Morgan fingerprint density at radius 3 is 2.46 bits per heavy atom. The maximum atomic E-state index is 12.1. The van der Waals surface area contributed by atoms with Gasteiger partial charge < -0.3 is 19.5 Å². The van der Waals surface area contributed by atoms with E-state index >= 15 is 0 Å². The maximum Gasteiger partial charge on any atom is 0.0895 e. The minimum Gasteiger partial charge on any atom is -0.393 e. The number of aliphatic hydroxyl groups excluding tert-OH is 2. The summed E-state index contributed by atoms with van der Waals surface area (Å²) in [6, 6.07) is 2.70. The molecular formula is C37H49NO3. The van der Waals surface area contributed by atoms with Crippen LogP contribution in [0.25, 0.3) is 16.5 Å². The fourth-order valence-corrected chi connectivity index (χ4v) is 11.9. The summed E-state index contributed by atoms with van der Waals surface area (Å²) in [6.45, 7) is 22.8. The summed E-state index contributed by atoms with van der Waals surface area (Å²) < 4.78 is 9.28. The largest absolute Gasteiger partial charge is 0.393 e. The molecule has 220 valence electrons. The molecule has 41 heavy (non-hydrogen) atoms. The molecule has 0 radical (unpaired) electrons. The Hall–Kier alpha value is -1.88. The fraction of sp³-hybridized carbons (Fsp3) is 0.676. The predicted molar refractivity (Wildman–Crippen MR) is 165 cm³/mol. The smallest absolute Gasteiger partial charge is 0.0895 e. The fourth-order valence-electron chi connectivity index (χ4n) is 11.9. The van der Waals surface area contributed by atoms with Gasteiger partial charge in [0.1, 0.15) is 0 Å². The summed E-state index contributed by atoms with van der Waals surface area (Å²) in [5, 5.41) is 24.4. The van der Waals surface area contributed by atoms with E-state index in [1.165, 1.54) is 46.0 Å². The molecule has 3 heterocycles. The highest BCUT2D eigenvalue weighted by Gasteiger charge is 2.65. The molecule has 1 aromatic carbocycles. The number of hydrogen-bond acceptors (Lipinski definition) is 3. The van der Waals surface area contributed by atoms with Crippen LogP contribution in [-0.4, -0.2) is 32.1 Å². The van der Waals surface area contributed by atoms with Crippen LogP contribution < -0.4 is 0 Å². The average Bonchev–Trinajstić information content (AvgIpc) is 3.56. The molecule has 1 aromatic heterocycles. The first-order valence-corrected chi connectivity index (χ1v) is 16.3. The van der Waals surface area contributed by atoms with Crippen molar-refractivity contribution >= 4 is 16.5 Å². The van der Waals surface area contributed by atoms with Gasteiger partial charge in [0, 0.05) is 22.4 Å². The molecule has 4 heteroatoms. The Balaban J connectivity index is 1.41. The summed E-state index contributed by atoms with van der Waals surface area (Å²) in [5.41, 5.74) is 10.1. The molecule has 0 saturated heterocycles. The van der Waals surface area contributed by atoms with Gasteiger partial charge in [0.15, 0.2) is 0 Å². The first kappa shape index (κ1) is 26.7. The molecule has 0 spiro atoms. The van der Waals surface area contributed by atoms with Gasteiger partial charge in [0.05, 0.1) is 35.0 Å². The van der Waals surface area contributed by atoms with Crippen molar-refractivity contribution in [1.82, 2.24) is 4.57 Å². The van der Waals surface area contributed by atoms with Crippen molar-refractivity contribution in [3.05, 3.63) is 52.2 Å². The quantitative estimate of drug-likeness (QED) is 0.357. The van der Waals surface area contributed by atoms with E-state index in [0.29, 0.717) is 17.8 Å². The Morgan fingerprint density at radius 2 is 1.76 bits per heavy atom. The number of fused-ring (bicyclic) bond motifs is 11. The molecule has 2 aliphatic heterocycles. The molecule has 2 saturated carbocycles. The molecule has 2 N–H and O–H groups in total. The summed E-state index contributed by atoms with van der Waals surface area (Å²) in [6.07, 6.45) is 8.07. The number of allylic oxidation sites excluding steroid dienone is 1. The van der Waals surface area contributed by atoms with E-state index in [2.05, 4.69) is 78.7 Å². The summed E-state index contributed by atoms with van der Waals surface area (Å²) in [4.78, 5) is 0. The molecule has 2 aromatic rings. The van der Waals surface area contributed by atoms with Gasteiger partial charge in [-0.1, -0.05) is 32.9 Å². The van der Waals surface area contributed by atoms with Crippen LogP contribution in [0, 0.1) is 29.1 Å². The summed E-state index contributed by atoms with van der Waals surface area (Å²) in [5.74, 6) is 1.45. The maximum absolute atomic E-state index is 12.1. The van der Waals surface area contributed by atoms with Crippen LogP contribution in [0.2, 0.25) is 0 Å². The van der Waals surface area contributed by atoms with Crippen LogP contribution in [0.3, 0.4) is 0 Å². The monoisotopic (exact) mass is 555 g/mol. The number of benzene rings is 1. The Labute approximate surface area is 245 Å². The molecule has 9 atom stereocenters. The van der Waals surface area contributed by atoms with Crippen molar-refractivity contribution in [1.29, 1.82) is 0 Å². The van der Waals surface area contributed by atoms with Gasteiger partial charge in [-0.25, -0.2) is 0 Å². The third-order valence-corrected chi connectivity index (χ3v) is 13.6. The van der Waals surface area contributed by atoms with Gasteiger partial charge in [0.25, 0.3) is 0 Å². The van der Waals surface area contributed by atoms with Crippen molar-refractivity contribution in [2.45, 2.75) is 129 Å². The molecule has 8 rings (SSSR count). The lowest BCUT2D eigenvalue weighted by Crippen LogP contribution is -2.58. The highest BCUT2D eigenvalue weighted by atomic mass is 16.5. The Morgan fingerprint density at radius 1 is 1.02 bits per heavy atom. The summed E-state index contributed by atoms with van der Waals surface area (Å²) in [7, 11) is 0. The van der Waals surface area contributed by atoms with E-state index in [1.54, 1.807) is 11.3 Å². The van der Waals surface area contributed by atoms with Crippen molar-refractivity contribution in [2.75, 3.05) is 0 Å². The Kier molecular flexibility index (Phi) is 5.08. The average molecular weight is 556 g/mol. The predicted octanol–water partition coefficient (Wildman–Crippen LogP) is 7.59. The van der Waals surface area contributed by atoms with Crippen LogP contribution in [0.1, 0.15) is 121 Å². The molecule has 4 nitrogen and oxygen atoms in total. The molecule has 0 bridgehead atoms. The van der Waals surface area contributed by atoms with E-state index < -0.39 is 11.7 Å². The first-order chi connectivity index (χ1) is 19.1. The lowest BCUT2D eigenvalue weighted by atomic mass is 9.44. The first-order valence-electron chi connectivity index (χ1n) is 16.3. The van der Waals surface area contributed by atoms with Crippen LogP contribution in [0.5, 0.6) is 0 Å². The number of aliphatic hydroxyl groups is 2. The van der Waals surface area contributed by atoms with E-state index in [9.17, 15) is 10.2 Å². The zero-order valence-corrected chi connectivity index (χ0v) is 26.4. The van der Waals surface area contributed by atoms with Crippen molar-refractivity contribution in [3.8, 4) is 0 Å². The third-order valence-electron chi connectivity index (χ3n) is 13.6.